The molecule has 1 N–H and O–H groups in total. The molecule has 0 bridgehead atoms. The number of halogens is 3. The normalized spacial score (nSPS) is 11.9. The summed E-state index contributed by atoms with van der Waals surface area (Å²) < 4.78 is 36.0. The molecule has 0 unspecified atom stereocenters. The van der Waals surface area contributed by atoms with Crippen molar-refractivity contribution < 1.29 is 23.4 Å². The molecule has 0 amide bonds. The Morgan fingerprint density at radius 2 is 2.00 bits per heavy atom. The number of alkyl halides is 3. The molecule has 1 rings (SSSR count). The average Bonchev–Trinajstić information content (AvgIpc) is 2.26. The summed E-state index contributed by atoms with van der Waals surface area (Å²) >= 11 is 0. The predicted molar refractivity (Wildman–Crippen MR) is 53.6 cm³/mol. The van der Waals surface area contributed by atoms with E-state index in [1.165, 1.54) is 18.2 Å². The van der Waals surface area contributed by atoms with Gasteiger partial charge in [-0.2, -0.15) is 13.2 Å². The molecule has 3 nitrogen and oxygen atoms in total. The molecule has 17 heavy (non-hydrogen) atoms. The number of hydrogen-bond donors (Lipinski definition) is 1. The number of para-hydroxylation sites is 1. The molecule has 0 saturated heterocycles. The number of rotatable bonds is 1. The van der Waals surface area contributed by atoms with Crippen LogP contribution in [0.4, 0.5) is 18.9 Å². The van der Waals surface area contributed by atoms with Crippen LogP contribution < -0.4 is 5.11 Å². The zero-order chi connectivity index (χ0) is 12.9. The van der Waals surface area contributed by atoms with Crippen molar-refractivity contribution in [1.29, 1.82) is 0 Å². The standard InChI is InChI=1S/C11H8F3NO2/c12-11(13,14)10(17)15-9-6-2-1-4-8(9)5-3-7-16/h1-2,4,6,16H,7H2,(H,15,17)/p-1. The van der Waals surface area contributed by atoms with E-state index in [1.54, 1.807) is 6.07 Å². The van der Waals surface area contributed by atoms with Crippen LogP contribution in [0.1, 0.15) is 5.56 Å². The second kappa shape index (κ2) is 5.37. The van der Waals surface area contributed by atoms with Crippen LogP contribution >= 0.6 is 0 Å². The predicted octanol–water partition coefficient (Wildman–Crippen LogP) is 0.983. The topological polar surface area (TPSA) is 55.7 Å². The van der Waals surface area contributed by atoms with Gasteiger partial charge in [0.05, 0.1) is 17.1 Å². The van der Waals surface area contributed by atoms with E-state index in [9.17, 15) is 18.3 Å². The van der Waals surface area contributed by atoms with Crippen LogP contribution in [0.2, 0.25) is 0 Å². The van der Waals surface area contributed by atoms with Crippen molar-refractivity contribution in [2.75, 3.05) is 6.61 Å². The second-order valence-corrected chi connectivity index (χ2v) is 2.89. The van der Waals surface area contributed by atoms with Crippen LogP contribution in [0.3, 0.4) is 0 Å². The number of hydrogen-bond acceptors (Lipinski definition) is 3. The van der Waals surface area contributed by atoms with Gasteiger partial charge in [0.25, 0.3) is 0 Å². The molecule has 0 radical (unpaired) electrons. The summed E-state index contributed by atoms with van der Waals surface area (Å²) in [7, 11) is 0. The molecule has 1 aromatic rings. The van der Waals surface area contributed by atoms with E-state index in [-0.39, 0.29) is 11.3 Å². The zero-order valence-corrected chi connectivity index (χ0v) is 8.45. The summed E-state index contributed by atoms with van der Waals surface area (Å²) in [5, 5.41) is 19.1. The van der Waals surface area contributed by atoms with Crippen molar-refractivity contribution in [2.45, 2.75) is 6.18 Å². The van der Waals surface area contributed by atoms with Crippen LogP contribution in [0.5, 0.6) is 0 Å². The van der Waals surface area contributed by atoms with Crippen molar-refractivity contribution in [3.63, 3.8) is 0 Å². The summed E-state index contributed by atoms with van der Waals surface area (Å²) in [6.07, 6.45) is -5.00. The quantitative estimate of drug-likeness (QED) is 0.453. The van der Waals surface area contributed by atoms with Gasteiger partial charge in [0.2, 0.25) is 0 Å². The Labute approximate surface area is 95.2 Å². The molecule has 0 aliphatic rings. The lowest BCUT2D eigenvalue weighted by molar-refractivity contribution is -0.262. The maximum Gasteiger partial charge on any atom is 0.419 e. The molecule has 90 valence electrons. The highest BCUT2D eigenvalue weighted by atomic mass is 19.4. The van der Waals surface area contributed by atoms with Gasteiger partial charge in [-0.1, -0.05) is 24.0 Å². The Morgan fingerprint density at radius 3 is 2.59 bits per heavy atom. The highest BCUT2D eigenvalue weighted by molar-refractivity contribution is 5.81. The molecule has 0 aliphatic heterocycles. The number of benzene rings is 1. The first kappa shape index (κ1) is 13.1. The fourth-order valence-corrected chi connectivity index (χ4v) is 0.984. The van der Waals surface area contributed by atoms with Crippen LogP contribution in [0, 0.1) is 11.8 Å². The lowest BCUT2D eigenvalue weighted by Gasteiger charge is -2.14. The summed E-state index contributed by atoms with van der Waals surface area (Å²) in [5.74, 6) is 2.49. The molecule has 0 atom stereocenters. The average molecular weight is 242 g/mol. The van der Waals surface area contributed by atoms with Crippen molar-refractivity contribution >= 4 is 11.6 Å². The van der Waals surface area contributed by atoms with E-state index in [4.69, 9.17) is 5.11 Å². The molecular formula is C11H7F3NO2-. The van der Waals surface area contributed by atoms with Crippen LogP contribution in [0.25, 0.3) is 0 Å². The van der Waals surface area contributed by atoms with Gasteiger partial charge in [0.1, 0.15) is 6.61 Å². The minimum absolute atomic E-state index is 0.152. The Bertz CT molecular complexity index is 483. The summed E-state index contributed by atoms with van der Waals surface area (Å²) in [5.41, 5.74) is -0.0186. The van der Waals surface area contributed by atoms with E-state index < -0.39 is 18.7 Å². The van der Waals surface area contributed by atoms with Gasteiger partial charge in [0, 0.05) is 0 Å². The highest BCUT2D eigenvalue weighted by Crippen LogP contribution is 2.21. The van der Waals surface area contributed by atoms with Crippen molar-refractivity contribution in [1.82, 2.24) is 0 Å². The fourth-order valence-electron chi connectivity index (χ4n) is 0.984. The zero-order valence-electron chi connectivity index (χ0n) is 8.45. The summed E-state index contributed by atoms with van der Waals surface area (Å²) in [6.45, 7) is -0.429. The molecular weight excluding hydrogens is 235 g/mol. The molecule has 0 aromatic heterocycles. The van der Waals surface area contributed by atoms with Crippen LogP contribution in [-0.2, 0) is 0 Å². The third-order valence-electron chi connectivity index (χ3n) is 1.67. The highest BCUT2D eigenvalue weighted by Gasteiger charge is 2.28. The molecule has 0 aliphatic carbocycles. The molecule has 0 spiro atoms. The molecule has 1 aromatic carbocycles. The van der Waals surface area contributed by atoms with Crippen LogP contribution in [0.15, 0.2) is 29.3 Å². The van der Waals surface area contributed by atoms with Gasteiger partial charge in [0.15, 0.2) is 0 Å². The first-order valence-electron chi connectivity index (χ1n) is 4.47. The first-order valence-corrected chi connectivity index (χ1v) is 4.47. The molecule has 0 heterocycles. The molecule has 0 saturated carbocycles. The number of aliphatic hydroxyl groups excluding tert-OH is 1. The Balaban J connectivity index is 3.15. The fraction of sp³-hybridized carbons (Fsp3) is 0.182. The van der Waals surface area contributed by atoms with Gasteiger partial charge in [-0.3, -0.25) is 4.99 Å². The lowest BCUT2D eigenvalue weighted by Crippen LogP contribution is -2.34. The monoisotopic (exact) mass is 242 g/mol. The van der Waals surface area contributed by atoms with E-state index >= 15 is 0 Å². The van der Waals surface area contributed by atoms with Gasteiger partial charge in [-0.15, -0.1) is 0 Å². The maximum absolute atomic E-state index is 12.0. The minimum atomic E-state index is -5.00. The summed E-state index contributed by atoms with van der Waals surface area (Å²) in [4.78, 5) is 2.94. The number of aliphatic hydroxyl groups is 1. The van der Waals surface area contributed by atoms with E-state index in [1.807, 2.05) is 0 Å². The maximum atomic E-state index is 12.0. The van der Waals surface area contributed by atoms with E-state index in [2.05, 4.69) is 16.8 Å². The first-order chi connectivity index (χ1) is 7.95. The van der Waals surface area contributed by atoms with Gasteiger partial charge in [-0.05, 0) is 12.1 Å². The van der Waals surface area contributed by atoms with E-state index in [0.717, 1.165) is 0 Å². The van der Waals surface area contributed by atoms with Crippen LogP contribution in [-0.4, -0.2) is 23.8 Å². The largest absolute Gasteiger partial charge is 0.855 e. The second-order valence-electron chi connectivity index (χ2n) is 2.89. The lowest BCUT2D eigenvalue weighted by atomic mass is 10.2. The Morgan fingerprint density at radius 1 is 1.35 bits per heavy atom. The molecule has 6 heteroatoms. The smallest absolute Gasteiger partial charge is 0.419 e. The van der Waals surface area contributed by atoms with Crippen molar-refractivity contribution in [3.8, 4) is 11.8 Å². The number of aliphatic imine (C=N–C) groups is 1. The minimum Gasteiger partial charge on any atom is -0.855 e. The van der Waals surface area contributed by atoms with Gasteiger partial charge >= 0.3 is 6.18 Å². The van der Waals surface area contributed by atoms with Gasteiger partial charge in [-0.25, -0.2) is 0 Å². The third kappa shape index (κ3) is 3.81. The van der Waals surface area contributed by atoms with Crippen molar-refractivity contribution in [3.05, 3.63) is 29.8 Å². The number of nitrogens with zero attached hydrogens (tertiary/aromatic N) is 1. The SMILES string of the molecule is [O-]C(=Nc1ccccc1C#CCO)C(F)(F)F. The van der Waals surface area contributed by atoms with Gasteiger partial charge < -0.3 is 10.2 Å². The van der Waals surface area contributed by atoms with Crippen molar-refractivity contribution in [2.24, 2.45) is 4.99 Å². The van der Waals surface area contributed by atoms with E-state index in [0.29, 0.717) is 0 Å². The summed E-state index contributed by atoms with van der Waals surface area (Å²) in [6, 6.07) is 5.63. The third-order valence-corrected chi connectivity index (χ3v) is 1.67. The Hall–Kier alpha value is -2.00. The Kier molecular flexibility index (Phi) is 4.12. The molecule has 0 fully saturated rings.